The normalized spacial score (nSPS) is 21.4. The first kappa shape index (κ1) is 12.1. The van der Waals surface area contributed by atoms with Crippen molar-refractivity contribution in [2.24, 2.45) is 0 Å². The van der Waals surface area contributed by atoms with E-state index in [9.17, 15) is 4.79 Å². The molecule has 1 N–H and O–H groups in total. The molecular formula is C12H18N2O3. The lowest BCUT2D eigenvalue weighted by molar-refractivity contribution is 0.0595. The van der Waals surface area contributed by atoms with Crippen LogP contribution in [0.1, 0.15) is 23.0 Å². The number of hydrogen-bond acceptors (Lipinski definition) is 5. The number of carbonyl (C=O) groups excluding carboxylic acids is 1. The quantitative estimate of drug-likeness (QED) is 0.791. The van der Waals surface area contributed by atoms with Crippen molar-refractivity contribution >= 4 is 5.97 Å². The minimum atomic E-state index is -0.336. The number of esters is 1. The van der Waals surface area contributed by atoms with Gasteiger partial charge < -0.3 is 14.5 Å². The maximum atomic E-state index is 11.5. The van der Waals surface area contributed by atoms with Crippen molar-refractivity contribution in [2.45, 2.75) is 19.5 Å². The molecular weight excluding hydrogens is 220 g/mol. The van der Waals surface area contributed by atoms with E-state index < -0.39 is 0 Å². The topological polar surface area (TPSA) is 54.7 Å². The smallest absolute Gasteiger partial charge is 0.341 e. The van der Waals surface area contributed by atoms with E-state index in [0.29, 0.717) is 23.9 Å². The molecule has 1 aromatic heterocycles. The minimum absolute atomic E-state index is 0.336. The molecule has 0 aliphatic carbocycles. The zero-order valence-corrected chi connectivity index (χ0v) is 10.2. The van der Waals surface area contributed by atoms with E-state index in [1.165, 1.54) is 13.4 Å². The Labute approximate surface area is 101 Å². The lowest BCUT2D eigenvalue weighted by Gasteiger charge is -2.31. The lowest BCUT2D eigenvalue weighted by Crippen LogP contribution is -2.48. The third-order valence-electron chi connectivity index (χ3n) is 2.97. The number of nitrogens with zero attached hydrogens (tertiary/aromatic N) is 1. The Kier molecular flexibility index (Phi) is 3.81. The summed E-state index contributed by atoms with van der Waals surface area (Å²) in [6, 6.07) is 2.13. The van der Waals surface area contributed by atoms with Crippen LogP contribution >= 0.6 is 0 Å². The van der Waals surface area contributed by atoms with Gasteiger partial charge in [0.1, 0.15) is 11.3 Å². The molecule has 0 aromatic carbocycles. The van der Waals surface area contributed by atoms with Crippen LogP contribution < -0.4 is 5.32 Å². The SMILES string of the molecule is COC(=O)c1ccoc1CN1CCN[C@H](C)C1. The fourth-order valence-corrected chi connectivity index (χ4v) is 2.11. The van der Waals surface area contributed by atoms with E-state index in [-0.39, 0.29) is 5.97 Å². The van der Waals surface area contributed by atoms with E-state index in [2.05, 4.69) is 17.1 Å². The van der Waals surface area contributed by atoms with Gasteiger partial charge in [-0.1, -0.05) is 0 Å². The monoisotopic (exact) mass is 238 g/mol. The summed E-state index contributed by atoms with van der Waals surface area (Å²) < 4.78 is 10.1. The van der Waals surface area contributed by atoms with Crippen LogP contribution in [-0.4, -0.2) is 43.7 Å². The van der Waals surface area contributed by atoms with E-state index in [1.54, 1.807) is 6.07 Å². The van der Waals surface area contributed by atoms with Crippen molar-refractivity contribution in [2.75, 3.05) is 26.7 Å². The van der Waals surface area contributed by atoms with Gasteiger partial charge in [-0.25, -0.2) is 4.79 Å². The number of carbonyl (C=O) groups is 1. The van der Waals surface area contributed by atoms with Gasteiger partial charge in [0.15, 0.2) is 0 Å². The first-order valence-electron chi connectivity index (χ1n) is 5.81. The summed E-state index contributed by atoms with van der Waals surface area (Å²) in [5.74, 6) is 0.350. The maximum Gasteiger partial charge on any atom is 0.341 e. The number of rotatable bonds is 3. The van der Waals surface area contributed by atoms with Crippen LogP contribution in [0.4, 0.5) is 0 Å². The van der Waals surface area contributed by atoms with Crippen LogP contribution in [0.2, 0.25) is 0 Å². The summed E-state index contributed by atoms with van der Waals surface area (Å²) in [6.45, 7) is 5.70. The average Bonchev–Trinajstić information content (AvgIpc) is 2.76. The van der Waals surface area contributed by atoms with Crippen LogP contribution in [0.5, 0.6) is 0 Å². The minimum Gasteiger partial charge on any atom is -0.467 e. The predicted molar refractivity (Wildman–Crippen MR) is 62.8 cm³/mol. The second-order valence-corrected chi connectivity index (χ2v) is 4.34. The number of methoxy groups -OCH3 is 1. The molecule has 94 valence electrons. The highest BCUT2D eigenvalue weighted by molar-refractivity contribution is 5.90. The van der Waals surface area contributed by atoms with Crippen LogP contribution in [0.15, 0.2) is 16.7 Å². The average molecular weight is 238 g/mol. The number of furan rings is 1. The van der Waals surface area contributed by atoms with Crippen LogP contribution in [0, 0.1) is 0 Å². The first-order valence-corrected chi connectivity index (χ1v) is 5.81. The third-order valence-corrected chi connectivity index (χ3v) is 2.97. The zero-order valence-electron chi connectivity index (χ0n) is 10.2. The first-order chi connectivity index (χ1) is 8.20. The van der Waals surface area contributed by atoms with Crippen molar-refractivity contribution in [3.05, 3.63) is 23.7 Å². The van der Waals surface area contributed by atoms with Gasteiger partial charge in [0.05, 0.1) is 19.9 Å². The van der Waals surface area contributed by atoms with Crippen molar-refractivity contribution in [1.82, 2.24) is 10.2 Å². The zero-order chi connectivity index (χ0) is 12.3. The molecule has 1 atom stereocenters. The Balaban J connectivity index is 2.03. The van der Waals surface area contributed by atoms with Crippen LogP contribution in [-0.2, 0) is 11.3 Å². The maximum absolute atomic E-state index is 11.5. The number of hydrogen-bond donors (Lipinski definition) is 1. The van der Waals surface area contributed by atoms with Gasteiger partial charge in [0, 0.05) is 25.7 Å². The molecule has 2 rings (SSSR count). The Bertz CT molecular complexity index is 389. The fourth-order valence-electron chi connectivity index (χ4n) is 2.11. The predicted octanol–water partition coefficient (Wildman–Crippen LogP) is 0.860. The summed E-state index contributed by atoms with van der Waals surface area (Å²) in [4.78, 5) is 13.8. The molecule has 1 aromatic rings. The molecule has 2 heterocycles. The van der Waals surface area contributed by atoms with Crippen LogP contribution in [0.25, 0.3) is 0 Å². The molecule has 0 radical (unpaired) electrons. The van der Waals surface area contributed by atoms with Gasteiger partial charge in [-0.2, -0.15) is 0 Å². The molecule has 1 fully saturated rings. The summed E-state index contributed by atoms with van der Waals surface area (Å²) in [5.41, 5.74) is 0.527. The van der Waals surface area contributed by atoms with E-state index in [4.69, 9.17) is 9.15 Å². The van der Waals surface area contributed by atoms with E-state index >= 15 is 0 Å². The Morgan fingerprint density at radius 2 is 2.53 bits per heavy atom. The van der Waals surface area contributed by atoms with Crippen molar-refractivity contribution in [3.8, 4) is 0 Å². The Morgan fingerprint density at radius 1 is 1.71 bits per heavy atom. The molecule has 17 heavy (non-hydrogen) atoms. The van der Waals surface area contributed by atoms with Gasteiger partial charge >= 0.3 is 5.97 Å². The van der Waals surface area contributed by atoms with Gasteiger partial charge in [-0.15, -0.1) is 0 Å². The summed E-state index contributed by atoms with van der Waals surface area (Å²) in [6.07, 6.45) is 1.53. The molecule has 1 saturated heterocycles. The molecule has 0 unspecified atom stereocenters. The van der Waals surface area contributed by atoms with Gasteiger partial charge in [-0.3, -0.25) is 4.90 Å². The van der Waals surface area contributed by atoms with Crippen LogP contribution in [0.3, 0.4) is 0 Å². The number of piperazine rings is 1. The molecule has 0 bridgehead atoms. The molecule has 5 heteroatoms. The molecule has 1 aliphatic heterocycles. The van der Waals surface area contributed by atoms with Gasteiger partial charge in [0.25, 0.3) is 0 Å². The second-order valence-electron chi connectivity index (χ2n) is 4.34. The lowest BCUT2D eigenvalue weighted by atomic mass is 10.2. The Hall–Kier alpha value is -1.33. The standard InChI is InChI=1S/C12H18N2O3/c1-9-7-14(5-4-13-9)8-11-10(3-6-17-11)12(15)16-2/h3,6,9,13H,4-5,7-8H2,1-2H3/t9-/m1/s1. The number of ether oxygens (including phenoxy) is 1. The highest BCUT2D eigenvalue weighted by atomic mass is 16.5. The highest BCUT2D eigenvalue weighted by Gasteiger charge is 2.21. The van der Waals surface area contributed by atoms with Crippen molar-refractivity contribution in [3.63, 3.8) is 0 Å². The number of nitrogens with one attached hydrogen (secondary N) is 1. The van der Waals surface area contributed by atoms with E-state index in [1.807, 2.05) is 0 Å². The molecule has 0 saturated carbocycles. The fraction of sp³-hybridized carbons (Fsp3) is 0.583. The van der Waals surface area contributed by atoms with Crippen molar-refractivity contribution < 1.29 is 13.9 Å². The summed E-state index contributed by atoms with van der Waals surface area (Å²) >= 11 is 0. The highest BCUT2D eigenvalue weighted by Crippen LogP contribution is 2.15. The third kappa shape index (κ3) is 2.87. The second kappa shape index (κ2) is 5.33. The molecule has 1 aliphatic rings. The molecule has 0 spiro atoms. The van der Waals surface area contributed by atoms with Crippen molar-refractivity contribution in [1.29, 1.82) is 0 Å². The Morgan fingerprint density at radius 3 is 3.24 bits per heavy atom. The molecule has 0 amide bonds. The largest absolute Gasteiger partial charge is 0.467 e. The summed E-state index contributed by atoms with van der Waals surface area (Å²) in [7, 11) is 1.38. The molecule has 5 nitrogen and oxygen atoms in total. The summed E-state index contributed by atoms with van der Waals surface area (Å²) in [5, 5.41) is 3.38. The van der Waals surface area contributed by atoms with E-state index in [0.717, 1.165) is 19.6 Å². The van der Waals surface area contributed by atoms with Gasteiger partial charge in [0.2, 0.25) is 0 Å². The van der Waals surface area contributed by atoms with Gasteiger partial charge in [-0.05, 0) is 13.0 Å².